The van der Waals surface area contributed by atoms with Gasteiger partial charge in [0.15, 0.2) is 23.0 Å². The van der Waals surface area contributed by atoms with Gasteiger partial charge in [-0.2, -0.15) is 0 Å². The van der Waals surface area contributed by atoms with Gasteiger partial charge < -0.3 is 18.9 Å². The van der Waals surface area contributed by atoms with Crippen LogP contribution < -0.4 is 18.9 Å². The van der Waals surface area contributed by atoms with E-state index in [-0.39, 0.29) is 17.1 Å². The van der Waals surface area contributed by atoms with Gasteiger partial charge in [-0.1, -0.05) is 0 Å². The van der Waals surface area contributed by atoms with E-state index in [0.717, 1.165) is 6.20 Å². The second kappa shape index (κ2) is 9.04. The third-order valence-electron chi connectivity index (χ3n) is 3.45. The quantitative estimate of drug-likeness (QED) is 0.280. The molecular weight excluding hydrogens is 422 g/mol. The van der Waals surface area contributed by atoms with Gasteiger partial charge in [-0.3, -0.25) is 10.1 Å². The van der Waals surface area contributed by atoms with Crippen molar-refractivity contribution in [1.29, 1.82) is 0 Å². The van der Waals surface area contributed by atoms with E-state index < -0.39 is 10.9 Å². The topological polar surface area (TPSA) is 97.1 Å². The number of esters is 1. The predicted molar refractivity (Wildman–Crippen MR) is 101 cm³/mol. The van der Waals surface area contributed by atoms with E-state index >= 15 is 0 Å². The van der Waals surface area contributed by atoms with Gasteiger partial charge in [0.25, 0.3) is 0 Å². The van der Waals surface area contributed by atoms with Crippen molar-refractivity contribution >= 4 is 28.0 Å². The van der Waals surface area contributed by atoms with E-state index in [1.165, 1.54) is 45.6 Å². The normalized spacial score (nSPS) is 10.5. The Kier molecular flexibility index (Phi) is 6.78. The first-order chi connectivity index (χ1) is 12.9. The molecule has 0 N–H and O–H groups in total. The Morgan fingerprint density at radius 2 is 1.70 bits per heavy atom. The molecule has 0 aliphatic carbocycles. The summed E-state index contributed by atoms with van der Waals surface area (Å²) < 4.78 is 21.4. The van der Waals surface area contributed by atoms with Gasteiger partial charge in [0, 0.05) is 6.08 Å². The van der Waals surface area contributed by atoms with Crippen LogP contribution >= 0.6 is 15.9 Å². The monoisotopic (exact) mass is 437 g/mol. The molecular formula is C18H16BrNO7. The average Bonchev–Trinajstić information content (AvgIpc) is 2.67. The number of hydrogen-bond donors (Lipinski definition) is 0. The van der Waals surface area contributed by atoms with Crippen molar-refractivity contribution in [3.63, 3.8) is 0 Å². The molecule has 27 heavy (non-hydrogen) atoms. The summed E-state index contributed by atoms with van der Waals surface area (Å²) in [6, 6.07) is 7.71. The van der Waals surface area contributed by atoms with E-state index in [2.05, 4.69) is 15.9 Å². The second-order valence-corrected chi connectivity index (χ2v) is 5.95. The lowest BCUT2D eigenvalue weighted by Crippen LogP contribution is -2.10. The number of hydrogen-bond acceptors (Lipinski definition) is 7. The molecule has 2 aromatic rings. The van der Waals surface area contributed by atoms with Crippen LogP contribution in [-0.2, 0) is 0 Å². The molecule has 0 amide bonds. The fourth-order valence-corrected chi connectivity index (χ4v) is 2.74. The largest absolute Gasteiger partial charge is 0.493 e. The van der Waals surface area contributed by atoms with Crippen molar-refractivity contribution in [1.82, 2.24) is 0 Å². The van der Waals surface area contributed by atoms with Gasteiger partial charge in [-0.05, 0) is 51.8 Å². The fourth-order valence-electron chi connectivity index (χ4n) is 2.20. The summed E-state index contributed by atoms with van der Waals surface area (Å²) in [5.41, 5.74) is 0.750. The molecule has 0 heterocycles. The smallest absolute Gasteiger partial charge is 0.343 e. The lowest BCUT2D eigenvalue weighted by molar-refractivity contribution is -0.400. The molecule has 0 radical (unpaired) electrons. The second-order valence-electron chi connectivity index (χ2n) is 5.09. The van der Waals surface area contributed by atoms with Gasteiger partial charge in [-0.15, -0.1) is 0 Å². The van der Waals surface area contributed by atoms with E-state index in [1.54, 1.807) is 12.1 Å². The van der Waals surface area contributed by atoms with Crippen LogP contribution in [0.4, 0.5) is 0 Å². The van der Waals surface area contributed by atoms with Crippen LogP contribution in [0.15, 0.2) is 41.0 Å². The van der Waals surface area contributed by atoms with E-state index in [1.807, 2.05) is 0 Å². The summed E-state index contributed by atoms with van der Waals surface area (Å²) >= 11 is 3.29. The lowest BCUT2D eigenvalue weighted by Gasteiger charge is -2.13. The van der Waals surface area contributed by atoms with Crippen LogP contribution in [-0.4, -0.2) is 32.2 Å². The van der Waals surface area contributed by atoms with Gasteiger partial charge >= 0.3 is 5.97 Å². The molecule has 0 spiro atoms. The zero-order chi connectivity index (χ0) is 20.0. The Morgan fingerprint density at radius 3 is 2.30 bits per heavy atom. The molecule has 0 saturated heterocycles. The molecule has 8 nitrogen and oxygen atoms in total. The molecule has 0 unspecified atom stereocenters. The molecule has 0 atom stereocenters. The number of nitro groups is 1. The molecule has 0 fully saturated rings. The van der Waals surface area contributed by atoms with Crippen LogP contribution in [0.25, 0.3) is 6.08 Å². The highest BCUT2D eigenvalue weighted by Gasteiger charge is 2.18. The summed E-state index contributed by atoms with van der Waals surface area (Å²) in [6.45, 7) is 0. The number of carbonyl (C=O) groups excluding carboxylic acids is 1. The lowest BCUT2D eigenvalue weighted by atomic mass is 10.2. The van der Waals surface area contributed by atoms with E-state index in [9.17, 15) is 14.9 Å². The van der Waals surface area contributed by atoms with Crippen LogP contribution in [0.5, 0.6) is 23.0 Å². The van der Waals surface area contributed by atoms with Crippen LogP contribution in [0.2, 0.25) is 0 Å². The van der Waals surface area contributed by atoms with E-state index in [4.69, 9.17) is 18.9 Å². The van der Waals surface area contributed by atoms with Crippen molar-refractivity contribution in [2.24, 2.45) is 0 Å². The molecule has 2 aromatic carbocycles. The number of halogens is 1. The molecule has 0 aliphatic rings. The van der Waals surface area contributed by atoms with Crippen molar-refractivity contribution in [3.8, 4) is 23.0 Å². The zero-order valence-electron chi connectivity index (χ0n) is 14.7. The van der Waals surface area contributed by atoms with E-state index in [0.29, 0.717) is 21.5 Å². The summed E-state index contributed by atoms with van der Waals surface area (Å²) in [5, 5.41) is 10.5. The van der Waals surface area contributed by atoms with Crippen LogP contribution in [0.3, 0.4) is 0 Å². The summed E-state index contributed by atoms with van der Waals surface area (Å²) in [5.74, 6) is 0.619. The van der Waals surface area contributed by atoms with Gasteiger partial charge in [0.05, 0.1) is 36.3 Å². The standard InChI is InChI=1S/C18H16BrNO7/c1-24-14-5-4-12(10-15(14)25-2)18(21)27-17-13(19)8-11(6-7-20(22)23)9-16(17)26-3/h4-10H,1-3H3/b7-6+. The predicted octanol–water partition coefficient (Wildman–Crippen LogP) is 3.94. The third-order valence-corrected chi connectivity index (χ3v) is 4.04. The Bertz CT molecular complexity index is 896. The van der Waals surface area contributed by atoms with Crippen LogP contribution in [0, 0.1) is 10.1 Å². The number of rotatable bonds is 7. The maximum Gasteiger partial charge on any atom is 0.343 e. The highest BCUT2D eigenvalue weighted by atomic mass is 79.9. The van der Waals surface area contributed by atoms with Crippen molar-refractivity contribution in [3.05, 3.63) is 62.2 Å². The average molecular weight is 438 g/mol. The highest BCUT2D eigenvalue weighted by Crippen LogP contribution is 2.38. The van der Waals surface area contributed by atoms with Gasteiger partial charge in [0.1, 0.15) is 0 Å². The molecule has 2 rings (SSSR count). The zero-order valence-corrected chi connectivity index (χ0v) is 16.3. The Hall–Kier alpha value is -3.07. The SMILES string of the molecule is COc1ccc(C(=O)Oc2c(Br)cc(/C=C/[N+](=O)[O-])cc2OC)cc1OC. The molecule has 0 aromatic heterocycles. The maximum absolute atomic E-state index is 12.5. The number of ether oxygens (including phenoxy) is 4. The molecule has 0 aliphatic heterocycles. The Balaban J connectivity index is 2.33. The van der Waals surface area contributed by atoms with Gasteiger partial charge in [0.2, 0.25) is 6.20 Å². The third kappa shape index (κ3) is 4.98. The minimum atomic E-state index is -0.636. The number of carbonyl (C=O) groups is 1. The molecule has 142 valence electrons. The fraction of sp³-hybridized carbons (Fsp3) is 0.167. The summed E-state index contributed by atoms with van der Waals surface area (Å²) in [6.07, 6.45) is 2.10. The van der Waals surface area contributed by atoms with Crippen LogP contribution in [0.1, 0.15) is 15.9 Å². The van der Waals surface area contributed by atoms with Crippen molar-refractivity contribution < 1.29 is 28.7 Å². The highest BCUT2D eigenvalue weighted by molar-refractivity contribution is 9.10. The summed E-state index contributed by atoms with van der Waals surface area (Å²) in [7, 11) is 4.35. The number of benzene rings is 2. The Morgan fingerprint density at radius 1 is 1.04 bits per heavy atom. The van der Waals surface area contributed by atoms with Crippen molar-refractivity contribution in [2.45, 2.75) is 0 Å². The van der Waals surface area contributed by atoms with Gasteiger partial charge in [-0.25, -0.2) is 4.79 Å². The first-order valence-electron chi connectivity index (χ1n) is 7.53. The first-order valence-corrected chi connectivity index (χ1v) is 8.32. The first kappa shape index (κ1) is 20.2. The molecule has 0 bridgehead atoms. The maximum atomic E-state index is 12.5. The number of nitrogens with zero attached hydrogens (tertiary/aromatic N) is 1. The Labute approximate surface area is 163 Å². The molecule has 0 saturated carbocycles. The minimum Gasteiger partial charge on any atom is -0.493 e. The summed E-state index contributed by atoms with van der Waals surface area (Å²) in [4.78, 5) is 22.4. The minimum absolute atomic E-state index is 0.149. The molecule has 9 heteroatoms. The van der Waals surface area contributed by atoms with Crippen molar-refractivity contribution in [2.75, 3.05) is 21.3 Å². The number of methoxy groups -OCH3 is 3.